The van der Waals surface area contributed by atoms with Crippen molar-refractivity contribution in [1.82, 2.24) is 20.0 Å². The number of carbonyl (C=O) groups is 1. The molecule has 29 heavy (non-hydrogen) atoms. The lowest BCUT2D eigenvalue weighted by Crippen LogP contribution is -2.36. The first-order valence-electron chi connectivity index (χ1n) is 9.38. The minimum absolute atomic E-state index is 0.215. The summed E-state index contributed by atoms with van der Waals surface area (Å²) < 4.78 is 1.38. The molecule has 0 radical (unpaired) electrons. The molecule has 0 bridgehead atoms. The fraction of sp³-hybridized carbons (Fsp3) is 0.286. The van der Waals surface area contributed by atoms with Gasteiger partial charge in [0.15, 0.2) is 5.69 Å². The fourth-order valence-corrected chi connectivity index (χ4v) is 3.72. The molecular formula is C21H20Cl2N4O2. The van der Waals surface area contributed by atoms with Crippen molar-refractivity contribution < 1.29 is 4.79 Å². The van der Waals surface area contributed by atoms with E-state index in [1.165, 1.54) is 4.68 Å². The van der Waals surface area contributed by atoms with E-state index in [9.17, 15) is 9.59 Å². The molecule has 0 aliphatic heterocycles. The second-order valence-electron chi connectivity index (χ2n) is 7.15. The Labute approximate surface area is 178 Å². The number of hydrogen-bond donors (Lipinski definition) is 1. The van der Waals surface area contributed by atoms with Crippen LogP contribution in [-0.4, -0.2) is 33.7 Å². The summed E-state index contributed by atoms with van der Waals surface area (Å²) in [7, 11) is 1.55. The summed E-state index contributed by atoms with van der Waals surface area (Å²) in [5.74, 6) is -0.322. The highest BCUT2D eigenvalue weighted by molar-refractivity contribution is 6.42. The molecule has 0 atom stereocenters. The predicted molar refractivity (Wildman–Crippen MR) is 114 cm³/mol. The van der Waals surface area contributed by atoms with Crippen LogP contribution in [0.1, 0.15) is 28.9 Å². The standard InChI is InChI=1S/C21H20Cl2N4O2/c1-24-20(28)19-15-4-2-3-5-16(15)21(29)27(25-19)12-26(14-7-8-14)11-13-6-9-17(22)18(23)10-13/h2-6,9-10,14H,7-8,11-12H2,1H3,(H,24,28). The van der Waals surface area contributed by atoms with Crippen molar-refractivity contribution in [3.63, 3.8) is 0 Å². The quantitative estimate of drug-likeness (QED) is 0.647. The van der Waals surface area contributed by atoms with Gasteiger partial charge in [0.25, 0.3) is 11.5 Å². The summed E-state index contributed by atoms with van der Waals surface area (Å²) in [6, 6.07) is 13.0. The number of hydrogen-bond acceptors (Lipinski definition) is 4. The van der Waals surface area contributed by atoms with Crippen molar-refractivity contribution in [3.8, 4) is 0 Å². The van der Waals surface area contributed by atoms with Crippen LogP contribution in [0.15, 0.2) is 47.3 Å². The number of rotatable bonds is 6. The molecular weight excluding hydrogens is 411 g/mol. The smallest absolute Gasteiger partial charge is 0.275 e. The van der Waals surface area contributed by atoms with Gasteiger partial charge in [-0.05, 0) is 36.6 Å². The molecule has 1 heterocycles. The summed E-state index contributed by atoms with van der Waals surface area (Å²) in [4.78, 5) is 27.6. The van der Waals surface area contributed by atoms with Crippen molar-refractivity contribution in [2.45, 2.75) is 32.1 Å². The van der Waals surface area contributed by atoms with E-state index in [4.69, 9.17) is 23.2 Å². The topological polar surface area (TPSA) is 67.2 Å². The summed E-state index contributed by atoms with van der Waals surface area (Å²) >= 11 is 12.2. The van der Waals surface area contributed by atoms with E-state index in [0.29, 0.717) is 40.1 Å². The summed E-state index contributed by atoms with van der Waals surface area (Å²) in [6.45, 7) is 0.899. The van der Waals surface area contributed by atoms with Gasteiger partial charge in [0.2, 0.25) is 0 Å². The molecule has 1 aliphatic rings. The molecule has 1 saturated carbocycles. The molecule has 4 rings (SSSR count). The van der Waals surface area contributed by atoms with Gasteiger partial charge in [0.1, 0.15) is 0 Å². The van der Waals surface area contributed by atoms with Gasteiger partial charge < -0.3 is 5.32 Å². The number of carbonyl (C=O) groups excluding carboxylic acids is 1. The number of nitrogens with one attached hydrogen (secondary N) is 1. The molecule has 6 nitrogen and oxygen atoms in total. The zero-order valence-corrected chi connectivity index (χ0v) is 17.4. The van der Waals surface area contributed by atoms with Gasteiger partial charge in [-0.25, -0.2) is 4.68 Å². The van der Waals surface area contributed by atoms with E-state index in [0.717, 1.165) is 18.4 Å². The Kier molecular flexibility index (Phi) is 5.58. The third-order valence-corrected chi connectivity index (χ3v) is 5.80. The van der Waals surface area contributed by atoms with Crippen LogP contribution in [0.3, 0.4) is 0 Å². The second kappa shape index (κ2) is 8.14. The molecule has 1 N–H and O–H groups in total. The normalized spacial score (nSPS) is 13.8. The summed E-state index contributed by atoms with van der Waals surface area (Å²) in [5.41, 5.74) is 1.03. The van der Waals surface area contributed by atoms with Gasteiger partial charge in [-0.3, -0.25) is 14.5 Å². The third kappa shape index (κ3) is 4.15. The lowest BCUT2D eigenvalue weighted by molar-refractivity contribution is 0.0955. The maximum atomic E-state index is 13.0. The number of benzene rings is 2. The molecule has 0 spiro atoms. The Balaban J connectivity index is 1.71. The van der Waals surface area contributed by atoms with Crippen LogP contribution in [-0.2, 0) is 13.2 Å². The highest BCUT2D eigenvalue weighted by Crippen LogP contribution is 2.30. The van der Waals surface area contributed by atoms with Crippen LogP contribution in [0.2, 0.25) is 10.0 Å². The van der Waals surface area contributed by atoms with Crippen LogP contribution in [0, 0.1) is 0 Å². The van der Waals surface area contributed by atoms with Gasteiger partial charge in [0, 0.05) is 25.0 Å². The van der Waals surface area contributed by atoms with Crippen LogP contribution in [0.4, 0.5) is 0 Å². The predicted octanol–water partition coefficient (Wildman–Crippen LogP) is 3.69. The Morgan fingerprint density at radius 1 is 1.17 bits per heavy atom. The number of fused-ring (bicyclic) bond motifs is 1. The van der Waals surface area contributed by atoms with E-state index < -0.39 is 0 Å². The zero-order valence-electron chi connectivity index (χ0n) is 15.9. The zero-order chi connectivity index (χ0) is 20.5. The Hall–Kier alpha value is -2.41. The first kappa shape index (κ1) is 19.9. The van der Waals surface area contributed by atoms with Gasteiger partial charge >= 0.3 is 0 Å². The molecule has 0 unspecified atom stereocenters. The van der Waals surface area contributed by atoms with Crippen molar-refractivity contribution in [2.75, 3.05) is 7.05 Å². The molecule has 1 aromatic heterocycles. The largest absolute Gasteiger partial charge is 0.354 e. The van der Waals surface area contributed by atoms with Crippen LogP contribution >= 0.6 is 23.2 Å². The maximum absolute atomic E-state index is 13.0. The van der Waals surface area contributed by atoms with E-state index in [-0.39, 0.29) is 17.2 Å². The highest BCUT2D eigenvalue weighted by atomic mass is 35.5. The summed E-state index contributed by atoms with van der Waals surface area (Å²) in [6.07, 6.45) is 2.12. The summed E-state index contributed by atoms with van der Waals surface area (Å²) in [5, 5.41) is 9.04. The number of halogens is 2. The van der Waals surface area contributed by atoms with E-state index in [1.807, 2.05) is 12.1 Å². The highest BCUT2D eigenvalue weighted by Gasteiger charge is 2.30. The first-order valence-corrected chi connectivity index (χ1v) is 10.1. The number of nitrogens with zero attached hydrogens (tertiary/aromatic N) is 3. The Morgan fingerprint density at radius 2 is 1.90 bits per heavy atom. The van der Waals surface area contributed by atoms with Crippen LogP contribution in [0.25, 0.3) is 10.8 Å². The van der Waals surface area contributed by atoms with Gasteiger partial charge in [-0.15, -0.1) is 0 Å². The van der Waals surface area contributed by atoms with E-state index in [1.54, 1.807) is 37.4 Å². The van der Waals surface area contributed by atoms with Gasteiger partial charge in [-0.1, -0.05) is 47.5 Å². The van der Waals surface area contributed by atoms with Gasteiger partial charge in [-0.2, -0.15) is 5.10 Å². The molecule has 1 fully saturated rings. The SMILES string of the molecule is CNC(=O)c1nn(CN(Cc2ccc(Cl)c(Cl)c2)C2CC2)c(=O)c2ccccc12. The molecule has 1 aliphatic carbocycles. The Morgan fingerprint density at radius 3 is 2.55 bits per heavy atom. The maximum Gasteiger partial charge on any atom is 0.275 e. The van der Waals surface area contributed by atoms with Crippen molar-refractivity contribution in [1.29, 1.82) is 0 Å². The monoisotopic (exact) mass is 430 g/mol. The lowest BCUT2D eigenvalue weighted by Gasteiger charge is -2.23. The minimum Gasteiger partial charge on any atom is -0.354 e. The van der Waals surface area contributed by atoms with E-state index >= 15 is 0 Å². The van der Waals surface area contributed by atoms with Crippen molar-refractivity contribution >= 4 is 39.9 Å². The second-order valence-corrected chi connectivity index (χ2v) is 7.96. The molecule has 3 aromatic rings. The third-order valence-electron chi connectivity index (χ3n) is 5.06. The fourth-order valence-electron chi connectivity index (χ4n) is 3.40. The number of amides is 1. The molecule has 150 valence electrons. The Bertz CT molecular complexity index is 1140. The average molecular weight is 431 g/mol. The average Bonchev–Trinajstić information content (AvgIpc) is 3.57. The first-order chi connectivity index (χ1) is 14.0. The van der Waals surface area contributed by atoms with E-state index in [2.05, 4.69) is 15.3 Å². The lowest BCUT2D eigenvalue weighted by atomic mass is 10.1. The molecule has 1 amide bonds. The van der Waals surface area contributed by atoms with Crippen molar-refractivity contribution in [3.05, 3.63) is 74.1 Å². The minimum atomic E-state index is -0.322. The van der Waals surface area contributed by atoms with Crippen LogP contribution in [0.5, 0.6) is 0 Å². The van der Waals surface area contributed by atoms with Crippen molar-refractivity contribution in [2.24, 2.45) is 0 Å². The molecule has 2 aromatic carbocycles. The van der Waals surface area contributed by atoms with Gasteiger partial charge in [0.05, 0.1) is 22.1 Å². The number of aromatic nitrogens is 2. The van der Waals surface area contributed by atoms with Crippen LogP contribution < -0.4 is 10.9 Å². The molecule has 0 saturated heterocycles. The molecule has 8 heteroatoms.